The highest BCUT2D eigenvalue weighted by molar-refractivity contribution is 5.82. The van der Waals surface area contributed by atoms with Gasteiger partial charge in [0.1, 0.15) is 0 Å². The molecule has 7 atom stereocenters. The second-order valence-corrected chi connectivity index (χ2v) is 16.9. The monoisotopic (exact) mass is 702 g/mol. The maximum atomic E-state index is 14.1. The van der Waals surface area contributed by atoms with Crippen LogP contribution in [0.4, 0.5) is 0 Å². The molecule has 2 aliphatic carbocycles. The normalized spacial score (nSPS) is 26.9. The molecule has 1 saturated carbocycles. The van der Waals surface area contributed by atoms with Crippen molar-refractivity contribution in [1.29, 1.82) is 0 Å². The van der Waals surface area contributed by atoms with E-state index in [-0.39, 0.29) is 29.8 Å². The molecule has 9 heteroatoms. The summed E-state index contributed by atoms with van der Waals surface area (Å²) in [5, 5.41) is 29.1. The number of nitrogens with zero attached hydrogens (tertiary/aromatic N) is 2. The number of rotatable bonds is 13. The van der Waals surface area contributed by atoms with Gasteiger partial charge in [-0.1, -0.05) is 67.8 Å². The fourth-order valence-corrected chi connectivity index (χ4v) is 9.06. The van der Waals surface area contributed by atoms with Crippen molar-refractivity contribution in [3.63, 3.8) is 0 Å². The third-order valence-electron chi connectivity index (χ3n) is 11.7. The van der Waals surface area contributed by atoms with Crippen molar-refractivity contribution in [1.82, 2.24) is 20.4 Å². The number of hydrogen-bond donors (Lipinski definition) is 4. The second kappa shape index (κ2) is 17.3. The maximum absolute atomic E-state index is 14.1. The highest BCUT2D eigenvalue weighted by Crippen LogP contribution is 2.39. The van der Waals surface area contributed by atoms with Crippen LogP contribution in [0, 0.1) is 17.8 Å². The van der Waals surface area contributed by atoms with Gasteiger partial charge >= 0.3 is 0 Å². The van der Waals surface area contributed by atoms with Crippen molar-refractivity contribution in [3.8, 4) is 0 Å². The average molecular weight is 703 g/mol. The number of piperidine rings is 1. The molecule has 9 nitrogen and oxygen atoms in total. The van der Waals surface area contributed by atoms with E-state index in [0.717, 1.165) is 75.3 Å². The molecule has 2 amide bonds. The number of carbonyl (C=O) groups excluding carboxylic acids is 2. The summed E-state index contributed by atoms with van der Waals surface area (Å²) < 4.78 is 5.48. The lowest BCUT2D eigenvalue weighted by atomic mass is 9.72. The van der Waals surface area contributed by atoms with Gasteiger partial charge in [0.2, 0.25) is 11.8 Å². The van der Waals surface area contributed by atoms with Gasteiger partial charge in [-0.05, 0) is 99.9 Å². The van der Waals surface area contributed by atoms with Crippen LogP contribution in [0.3, 0.4) is 0 Å². The molecule has 0 radical (unpaired) electrons. The number of aliphatic hydroxyl groups is 2. The van der Waals surface area contributed by atoms with Crippen LogP contribution in [-0.2, 0) is 33.6 Å². The molecule has 2 aromatic carbocycles. The Hall–Kier alpha value is -2.82. The molecule has 6 rings (SSSR count). The molecular formula is C42H62N4O5. The maximum Gasteiger partial charge on any atom is 0.237 e. The quantitative estimate of drug-likeness (QED) is 0.244. The second-order valence-electron chi connectivity index (χ2n) is 16.9. The number of amides is 2. The van der Waals surface area contributed by atoms with Gasteiger partial charge < -0.3 is 25.6 Å². The number of likely N-dealkylation sites (tertiary alicyclic amines) is 1. The summed E-state index contributed by atoms with van der Waals surface area (Å²) >= 11 is 0. The van der Waals surface area contributed by atoms with Crippen molar-refractivity contribution in [2.75, 3.05) is 45.9 Å². The minimum absolute atomic E-state index is 0.0342. The number of aryl methyl sites for hydroxylation is 1. The first-order valence-corrected chi connectivity index (χ1v) is 19.7. The molecule has 51 heavy (non-hydrogen) atoms. The van der Waals surface area contributed by atoms with E-state index in [4.69, 9.17) is 4.74 Å². The molecular weight excluding hydrogens is 640 g/mol. The van der Waals surface area contributed by atoms with Crippen LogP contribution < -0.4 is 10.6 Å². The summed E-state index contributed by atoms with van der Waals surface area (Å²) in [5.41, 5.74) is 4.01. The number of hydrogen-bond acceptors (Lipinski definition) is 7. The predicted molar refractivity (Wildman–Crippen MR) is 200 cm³/mol. The molecule has 4 N–H and O–H groups in total. The first-order chi connectivity index (χ1) is 24.5. The molecule has 280 valence electrons. The lowest BCUT2D eigenvalue weighted by molar-refractivity contribution is -0.133. The van der Waals surface area contributed by atoms with Crippen LogP contribution in [0.2, 0.25) is 0 Å². The number of nitrogens with one attached hydrogen (secondary N) is 2. The van der Waals surface area contributed by atoms with Gasteiger partial charge in [-0.3, -0.25) is 19.4 Å². The fraction of sp³-hybridized carbons (Fsp3) is 0.667. The Morgan fingerprint density at radius 3 is 2.43 bits per heavy atom. The predicted octanol–water partition coefficient (Wildman–Crippen LogP) is 4.43. The number of ether oxygens (including phenoxy) is 1. The van der Waals surface area contributed by atoms with Crippen molar-refractivity contribution >= 4 is 11.8 Å². The minimum Gasteiger partial charge on any atom is -0.392 e. The Labute approximate surface area is 305 Å². The van der Waals surface area contributed by atoms with E-state index in [0.29, 0.717) is 31.2 Å². The summed E-state index contributed by atoms with van der Waals surface area (Å²) in [6, 6.07) is 15.7. The Balaban J connectivity index is 1.14. The zero-order chi connectivity index (χ0) is 36.0. The third-order valence-corrected chi connectivity index (χ3v) is 11.7. The van der Waals surface area contributed by atoms with E-state index >= 15 is 0 Å². The fourth-order valence-electron chi connectivity index (χ4n) is 9.06. The molecule has 0 bridgehead atoms. The van der Waals surface area contributed by atoms with Crippen LogP contribution in [-0.4, -0.2) is 102 Å². The molecule has 0 aromatic heterocycles. The van der Waals surface area contributed by atoms with Crippen molar-refractivity contribution in [3.05, 3.63) is 70.8 Å². The van der Waals surface area contributed by atoms with Gasteiger partial charge in [-0.2, -0.15) is 0 Å². The van der Waals surface area contributed by atoms with Gasteiger partial charge in [-0.15, -0.1) is 0 Å². The molecule has 2 saturated heterocycles. The van der Waals surface area contributed by atoms with Crippen LogP contribution in [0.25, 0.3) is 0 Å². The van der Waals surface area contributed by atoms with Gasteiger partial charge in [0, 0.05) is 44.1 Å². The largest absolute Gasteiger partial charge is 0.392 e. The number of β-amino-alcohol motifs (C(OH)–C–C–N with tert-alkyl or cyclic N) is 1. The Kier molecular flexibility index (Phi) is 12.9. The summed E-state index contributed by atoms with van der Waals surface area (Å²) in [5.74, 6) is 0.468. The highest BCUT2D eigenvalue weighted by Gasteiger charge is 2.41. The molecule has 2 heterocycles. The Morgan fingerprint density at radius 1 is 0.980 bits per heavy atom. The first kappa shape index (κ1) is 37.9. The van der Waals surface area contributed by atoms with E-state index in [1.807, 2.05) is 45.0 Å². The van der Waals surface area contributed by atoms with Crippen molar-refractivity contribution in [2.24, 2.45) is 17.8 Å². The van der Waals surface area contributed by atoms with E-state index in [1.54, 1.807) is 0 Å². The lowest BCUT2D eigenvalue weighted by Gasteiger charge is -2.46. The molecule has 3 fully saturated rings. The van der Waals surface area contributed by atoms with Gasteiger partial charge in [0.25, 0.3) is 0 Å². The number of carbonyl (C=O) groups is 2. The van der Waals surface area contributed by atoms with Gasteiger partial charge in [0.15, 0.2) is 0 Å². The van der Waals surface area contributed by atoms with Gasteiger partial charge in [-0.25, -0.2) is 0 Å². The Bertz CT molecular complexity index is 1440. The summed E-state index contributed by atoms with van der Waals surface area (Å²) in [4.78, 5) is 32.4. The van der Waals surface area contributed by atoms with Crippen LogP contribution in [0.5, 0.6) is 0 Å². The standard InChI is InChI=1S/C42H62N4O5/c1-42(2,3)44-41(50)37-25-31-10-4-5-12-33(31)27-46(37)28-35(47)24-34(40(49)43-39-36-13-7-6-11-32(36)26-38(39)48)23-30-16-14-29(15-17-30)9-8-18-45-19-21-51-22-20-45/h6-7,11,13-17,31,33-35,37-39,47-48H,4-5,8-10,12,18-28H2,1-3H3,(H,43,49)(H,44,50)/t31-,33+,34+,35-,37-,38+,39-/m0/s1. The van der Waals surface area contributed by atoms with Gasteiger partial charge in [0.05, 0.1) is 37.5 Å². The van der Waals surface area contributed by atoms with Crippen LogP contribution in [0.15, 0.2) is 48.5 Å². The topological polar surface area (TPSA) is 114 Å². The van der Waals surface area contributed by atoms with E-state index < -0.39 is 24.2 Å². The van der Waals surface area contributed by atoms with E-state index in [9.17, 15) is 19.8 Å². The lowest BCUT2D eigenvalue weighted by Crippen LogP contribution is -2.58. The number of aliphatic hydroxyl groups excluding tert-OH is 2. The van der Waals surface area contributed by atoms with E-state index in [1.165, 1.54) is 31.2 Å². The number of fused-ring (bicyclic) bond motifs is 2. The number of morpholine rings is 1. The summed E-state index contributed by atoms with van der Waals surface area (Å²) in [6.45, 7) is 11.9. The third kappa shape index (κ3) is 10.4. The highest BCUT2D eigenvalue weighted by atomic mass is 16.5. The molecule has 2 aliphatic heterocycles. The zero-order valence-electron chi connectivity index (χ0n) is 31.2. The van der Waals surface area contributed by atoms with E-state index in [2.05, 4.69) is 44.7 Å². The number of benzene rings is 2. The summed E-state index contributed by atoms with van der Waals surface area (Å²) in [7, 11) is 0. The minimum atomic E-state index is -0.786. The average Bonchev–Trinajstić information content (AvgIpc) is 3.42. The van der Waals surface area contributed by atoms with Crippen molar-refractivity contribution < 1.29 is 24.5 Å². The van der Waals surface area contributed by atoms with Crippen LogP contribution in [0.1, 0.15) is 94.0 Å². The van der Waals surface area contributed by atoms with Crippen molar-refractivity contribution in [2.45, 2.75) is 115 Å². The van der Waals surface area contributed by atoms with Crippen LogP contribution >= 0.6 is 0 Å². The molecule has 0 unspecified atom stereocenters. The zero-order valence-corrected chi connectivity index (χ0v) is 31.2. The Morgan fingerprint density at radius 2 is 1.69 bits per heavy atom. The first-order valence-electron chi connectivity index (χ1n) is 19.7. The molecule has 2 aromatic rings. The summed E-state index contributed by atoms with van der Waals surface area (Å²) in [6.07, 6.45) is 7.50. The SMILES string of the molecule is CC(C)(C)NC(=O)[C@@H]1C[C@@H]2CCCC[C@@H]2CN1C[C@@H](O)C[C@@H](Cc1ccc(CCCN2CCOCC2)cc1)C(=O)N[C@H]1c2ccccc2C[C@H]1O. The molecule has 4 aliphatic rings. The smallest absolute Gasteiger partial charge is 0.237 e. The molecule has 0 spiro atoms.